The second-order valence-corrected chi connectivity index (χ2v) is 9.16. The number of carbonyl (C=O) groups excluding carboxylic acids is 1. The summed E-state index contributed by atoms with van der Waals surface area (Å²) in [5.74, 6) is 0.519. The minimum absolute atomic E-state index is 0.0624. The molecular weight excluding hydrogens is 434 g/mol. The molecule has 3 aromatic rings. The van der Waals surface area contributed by atoms with Gasteiger partial charge in [0.05, 0.1) is 29.6 Å². The zero-order chi connectivity index (χ0) is 21.5. The van der Waals surface area contributed by atoms with E-state index in [4.69, 9.17) is 21.3 Å². The molecule has 0 aliphatic carbocycles. The Bertz CT molecular complexity index is 1160. The molecule has 0 bridgehead atoms. The van der Waals surface area contributed by atoms with Gasteiger partial charge in [-0.25, -0.2) is 9.97 Å². The number of amides is 1. The highest BCUT2D eigenvalue weighted by atomic mass is 35.5. The van der Waals surface area contributed by atoms with Crippen LogP contribution in [0.5, 0.6) is 0 Å². The number of morpholine rings is 1. The lowest BCUT2D eigenvalue weighted by atomic mass is 10.1. The third-order valence-electron chi connectivity index (χ3n) is 5.57. The van der Waals surface area contributed by atoms with Crippen LogP contribution in [0.25, 0.3) is 11.3 Å². The molecule has 5 heterocycles. The normalized spacial score (nSPS) is 16.5. The summed E-state index contributed by atoms with van der Waals surface area (Å²) in [5, 5.41) is 1.41. The Morgan fingerprint density at radius 1 is 1.10 bits per heavy atom. The van der Waals surface area contributed by atoms with Crippen LogP contribution in [0.15, 0.2) is 24.5 Å². The molecule has 2 aliphatic rings. The lowest BCUT2D eigenvalue weighted by molar-refractivity contribution is 0.0983. The Labute approximate surface area is 189 Å². The van der Waals surface area contributed by atoms with Crippen LogP contribution in [0.3, 0.4) is 0 Å². The van der Waals surface area contributed by atoms with Crippen molar-refractivity contribution in [2.75, 3.05) is 42.6 Å². The molecule has 2 aliphatic heterocycles. The van der Waals surface area contributed by atoms with Crippen LogP contribution >= 0.6 is 22.9 Å². The fourth-order valence-electron chi connectivity index (χ4n) is 3.98. The molecule has 3 aromatic heterocycles. The number of hydrogen-bond acceptors (Lipinski definition) is 7. The maximum Gasteiger partial charge on any atom is 0.271 e. The molecule has 5 rings (SSSR count). The lowest BCUT2D eigenvalue weighted by Crippen LogP contribution is -2.37. The number of nitrogens with zero attached hydrogens (tertiary/aromatic N) is 5. The van der Waals surface area contributed by atoms with Gasteiger partial charge in [-0.15, -0.1) is 0 Å². The van der Waals surface area contributed by atoms with Gasteiger partial charge in [0.2, 0.25) is 0 Å². The van der Waals surface area contributed by atoms with Crippen LogP contribution in [0, 0.1) is 13.8 Å². The summed E-state index contributed by atoms with van der Waals surface area (Å²) in [4.78, 5) is 31.7. The molecule has 0 saturated carbocycles. The summed E-state index contributed by atoms with van der Waals surface area (Å²) in [5.41, 5.74) is 4.58. The van der Waals surface area contributed by atoms with Crippen molar-refractivity contribution in [1.29, 1.82) is 0 Å². The average molecular weight is 456 g/mol. The second kappa shape index (κ2) is 8.18. The molecule has 1 fully saturated rings. The van der Waals surface area contributed by atoms with Gasteiger partial charge in [-0.3, -0.25) is 14.7 Å². The van der Waals surface area contributed by atoms with Crippen molar-refractivity contribution in [3.8, 4) is 11.3 Å². The predicted molar refractivity (Wildman–Crippen MR) is 122 cm³/mol. The molecule has 160 valence electrons. The van der Waals surface area contributed by atoms with Gasteiger partial charge in [0.1, 0.15) is 10.7 Å². The Morgan fingerprint density at radius 3 is 2.68 bits per heavy atom. The van der Waals surface area contributed by atoms with Gasteiger partial charge in [-0.2, -0.15) is 0 Å². The third kappa shape index (κ3) is 3.79. The molecule has 31 heavy (non-hydrogen) atoms. The summed E-state index contributed by atoms with van der Waals surface area (Å²) in [7, 11) is 0. The maximum absolute atomic E-state index is 13.3. The Morgan fingerprint density at radius 2 is 1.90 bits per heavy atom. The van der Waals surface area contributed by atoms with Crippen LogP contribution in [0.2, 0.25) is 5.02 Å². The van der Waals surface area contributed by atoms with Crippen molar-refractivity contribution < 1.29 is 9.53 Å². The summed E-state index contributed by atoms with van der Waals surface area (Å²) in [6.07, 6.45) is 4.12. The maximum atomic E-state index is 13.3. The first kappa shape index (κ1) is 20.4. The SMILES string of the molecule is Cc1cnc(-c2cc(N3CCc4nc(N5CCOCC5)sc4C3=O)ncc2Cl)c(C)c1. The summed E-state index contributed by atoms with van der Waals surface area (Å²) in [6, 6.07) is 3.93. The number of hydrogen-bond donors (Lipinski definition) is 0. The smallest absolute Gasteiger partial charge is 0.271 e. The zero-order valence-corrected chi connectivity index (χ0v) is 19.0. The number of halogens is 1. The van der Waals surface area contributed by atoms with Crippen LogP contribution in [0.4, 0.5) is 10.9 Å². The van der Waals surface area contributed by atoms with Gasteiger partial charge in [0.25, 0.3) is 5.91 Å². The van der Waals surface area contributed by atoms with E-state index in [1.807, 2.05) is 26.1 Å². The van der Waals surface area contributed by atoms with Crippen LogP contribution in [-0.4, -0.2) is 53.7 Å². The van der Waals surface area contributed by atoms with Crippen molar-refractivity contribution >= 4 is 39.8 Å². The Hall–Kier alpha value is -2.55. The van der Waals surface area contributed by atoms with E-state index in [1.54, 1.807) is 11.1 Å². The molecule has 0 radical (unpaired) electrons. The van der Waals surface area contributed by atoms with Gasteiger partial charge in [0, 0.05) is 44.0 Å². The minimum atomic E-state index is -0.0624. The molecule has 0 aromatic carbocycles. The van der Waals surface area contributed by atoms with Crippen molar-refractivity contribution in [3.63, 3.8) is 0 Å². The Kier molecular flexibility index (Phi) is 5.37. The monoisotopic (exact) mass is 455 g/mol. The van der Waals surface area contributed by atoms with E-state index >= 15 is 0 Å². The standard InChI is InChI=1S/C22H22ClN5O2S/c1-13-9-14(2)19(25-11-13)15-10-18(24-12-16(15)23)28-4-3-17-20(21(28)29)31-22(26-17)27-5-7-30-8-6-27/h9-12H,3-8H2,1-2H3. The molecule has 0 N–H and O–H groups in total. The quantitative estimate of drug-likeness (QED) is 0.596. The summed E-state index contributed by atoms with van der Waals surface area (Å²) >= 11 is 7.92. The highest BCUT2D eigenvalue weighted by Gasteiger charge is 2.31. The number of anilines is 2. The van der Waals surface area contributed by atoms with Gasteiger partial charge < -0.3 is 9.64 Å². The first-order valence-corrected chi connectivity index (χ1v) is 11.4. The predicted octanol–water partition coefficient (Wildman–Crippen LogP) is 3.91. The highest BCUT2D eigenvalue weighted by Crippen LogP contribution is 2.35. The number of ether oxygens (including phenoxy) is 1. The van der Waals surface area contributed by atoms with Crippen molar-refractivity contribution in [3.05, 3.63) is 51.2 Å². The van der Waals surface area contributed by atoms with Crippen molar-refractivity contribution in [2.45, 2.75) is 20.3 Å². The van der Waals surface area contributed by atoms with Crippen molar-refractivity contribution in [2.24, 2.45) is 0 Å². The number of aryl methyl sites for hydroxylation is 2. The molecular formula is C22H22ClN5O2S. The van der Waals surface area contributed by atoms with E-state index < -0.39 is 0 Å². The lowest BCUT2D eigenvalue weighted by Gasteiger charge is -2.26. The number of thiazole rings is 1. The first-order chi connectivity index (χ1) is 15.0. The molecule has 0 atom stereocenters. The molecule has 7 nitrogen and oxygen atoms in total. The number of carbonyl (C=O) groups is 1. The van der Waals surface area contributed by atoms with Gasteiger partial charge >= 0.3 is 0 Å². The topological polar surface area (TPSA) is 71.5 Å². The van der Waals surface area contributed by atoms with E-state index in [2.05, 4.69) is 20.9 Å². The van der Waals surface area contributed by atoms with Gasteiger partial charge in [-0.1, -0.05) is 29.0 Å². The molecule has 9 heteroatoms. The van der Waals surface area contributed by atoms with E-state index in [0.717, 1.165) is 46.3 Å². The van der Waals surface area contributed by atoms with Gasteiger partial charge in [-0.05, 0) is 31.0 Å². The molecule has 0 spiro atoms. The largest absolute Gasteiger partial charge is 0.378 e. The Balaban J connectivity index is 1.46. The number of aromatic nitrogens is 3. The van der Waals surface area contributed by atoms with Crippen LogP contribution in [-0.2, 0) is 11.2 Å². The zero-order valence-electron chi connectivity index (χ0n) is 17.4. The molecule has 1 saturated heterocycles. The number of rotatable bonds is 3. The van der Waals surface area contributed by atoms with Crippen molar-refractivity contribution in [1.82, 2.24) is 15.0 Å². The minimum Gasteiger partial charge on any atom is -0.378 e. The molecule has 0 unspecified atom stereocenters. The van der Waals surface area contributed by atoms with E-state index in [0.29, 0.717) is 41.9 Å². The van der Waals surface area contributed by atoms with E-state index in [-0.39, 0.29) is 5.91 Å². The summed E-state index contributed by atoms with van der Waals surface area (Å²) in [6.45, 7) is 7.53. The third-order valence-corrected chi connectivity index (χ3v) is 7.01. The second-order valence-electron chi connectivity index (χ2n) is 7.78. The highest BCUT2D eigenvalue weighted by molar-refractivity contribution is 7.17. The first-order valence-electron chi connectivity index (χ1n) is 10.2. The number of fused-ring (bicyclic) bond motifs is 1. The summed E-state index contributed by atoms with van der Waals surface area (Å²) < 4.78 is 5.43. The molecule has 1 amide bonds. The van der Waals surface area contributed by atoms with Crippen LogP contribution in [0.1, 0.15) is 26.5 Å². The fourth-order valence-corrected chi connectivity index (χ4v) is 5.29. The van der Waals surface area contributed by atoms with Crippen LogP contribution < -0.4 is 9.80 Å². The fraction of sp³-hybridized carbons (Fsp3) is 0.364. The average Bonchev–Trinajstić information content (AvgIpc) is 3.21. The van der Waals surface area contributed by atoms with E-state index in [1.165, 1.54) is 11.3 Å². The van der Waals surface area contributed by atoms with E-state index in [9.17, 15) is 4.79 Å². The van der Waals surface area contributed by atoms with Gasteiger partial charge in [0.15, 0.2) is 5.13 Å². The number of pyridine rings is 2.